The summed E-state index contributed by atoms with van der Waals surface area (Å²) in [5.41, 5.74) is 0.0309. The van der Waals surface area contributed by atoms with Crippen LogP contribution in [0.1, 0.15) is 0 Å². The molecule has 0 saturated carbocycles. The zero-order valence-corrected chi connectivity index (χ0v) is 5.63. The van der Waals surface area contributed by atoms with E-state index in [0.29, 0.717) is 0 Å². The van der Waals surface area contributed by atoms with Crippen molar-refractivity contribution in [2.75, 3.05) is 0 Å². The van der Waals surface area contributed by atoms with Gasteiger partial charge in [-0.05, 0) is 5.21 Å². The van der Waals surface area contributed by atoms with E-state index in [0.717, 1.165) is 6.20 Å². The van der Waals surface area contributed by atoms with Gasteiger partial charge in [0.1, 0.15) is 5.69 Å². The molecule has 0 aliphatic carbocycles. The van der Waals surface area contributed by atoms with Crippen LogP contribution in [0.3, 0.4) is 0 Å². The Morgan fingerprint density at radius 2 is 2.00 bits per heavy atom. The van der Waals surface area contributed by atoms with Crippen molar-refractivity contribution in [3.8, 4) is 0 Å². The largest absolute Gasteiger partial charge is 0.242 e. The van der Waals surface area contributed by atoms with Crippen LogP contribution in [-0.4, -0.2) is 27.6 Å². The zero-order chi connectivity index (χ0) is 8.81. The van der Waals surface area contributed by atoms with Crippen LogP contribution in [0, 0.1) is 0 Å². The molecule has 1 heterocycles. The van der Waals surface area contributed by atoms with Crippen LogP contribution in [-0.2, 0) is 9.59 Å². The van der Waals surface area contributed by atoms with Crippen LogP contribution in [0.15, 0.2) is 16.2 Å². The normalized spacial score (nSPS) is 8.00. The summed E-state index contributed by atoms with van der Waals surface area (Å²) in [5, 5.41) is 9.83. The average molecular weight is 163 g/mol. The van der Waals surface area contributed by atoms with Crippen LogP contribution in [0.25, 0.3) is 0 Å². The summed E-state index contributed by atoms with van der Waals surface area (Å²) >= 11 is 0. The smallest absolute Gasteiger partial charge is 0.211 e. The first-order valence-corrected chi connectivity index (χ1v) is 2.72. The molecule has 12 heavy (non-hydrogen) atoms. The maximum absolute atomic E-state index is 9.82. The number of carbonyl (C=O) groups excluding carboxylic acids is 2. The summed E-state index contributed by atoms with van der Waals surface area (Å²) in [6.07, 6.45) is 3.63. The highest BCUT2D eigenvalue weighted by atomic mass is 16.1. The summed E-state index contributed by atoms with van der Waals surface area (Å²) in [7, 11) is 0. The van der Waals surface area contributed by atoms with Gasteiger partial charge in [0, 0.05) is 0 Å². The van der Waals surface area contributed by atoms with Gasteiger partial charge in [0.05, 0.1) is 6.20 Å². The molecule has 7 nitrogen and oxygen atoms in total. The Hall–Kier alpha value is -2.23. The first-order chi connectivity index (χ1) is 5.88. The van der Waals surface area contributed by atoms with E-state index in [1.54, 1.807) is 0 Å². The molecule has 0 radical (unpaired) electrons. The molecule has 0 atom stereocenters. The Labute approximate surface area is 65.9 Å². The minimum absolute atomic E-state index is 0.0309. The topological polar surface area (TPSA) is 97.5 Å². The third-order valence-corrected chi connectivity index (χ3v) is 0.918. The van der Waals surface area contributed by atoms with Gasteiger partial charge in [-0.15, -0.1) is 15.2 Å². The van der Waals surface area contributed by atoms with E-state index in [-0.39, 0.29) is 11.5 Å². The van der Waals surface area contributed by atoms with Gasteiger partial charge in [0.2, 0.25) is 18.0 Å². The van der Waals surface area contributed by atoms with Gasteiger partial charge in [-0.1, -0.05) is 0 Å². The number of nitrogens with zero attached hydrogens (tertiary/aromatic N) is 5. The fraction of sp³-hybridized carbons (Fsp3) is 0. The Kier molecular flexibility index (Phi) is 2.51. The lowest BCUT2D eigenvalue weighted by atomic mass is 10.5. The van der Waals surface area contributed by atoms with Gasteiger partial charge in [0.15, 0.2) is 0 Å². The van der Waals surface area contributed by atoms with Crippen LogP contribution < -0.4 is 0 Å². The van der Waals surface area contributed by atoms with E-state index in [4.69, 9.17) is 0 Å². The van der Waals surface area contributed by atoms with Crippen LogP contribution in [0.2, 0.25) is 0 Å². The van der Waals surface area contributed by atoms with Crippen molar-refractivity contribution in [1.29, 1.82) is 0 Å². The molecule has 0 aliphatic rings. The number of rotatable bonds is 2. The van der Waals surface area contributed by atoms with E-state index in [2.05, 4.69) is 25.4 Å². The molecule has 7 heteroatoms. The SMILES string of the molecule is O=C=Nc1cnnnc1N=C=O. The lowest BCUT2D eigenvalue weighted by Crippen LogP contribution is -1.84. The molecule has 0 amide bonds. The second-order valence-corrected chi connectivity index (χ2v) is 1.55. The van der Waals surface area contributed by atoms with Crippen LogP contribution in [0.5, 0.6) is 0 Å². The summed E-state index contributed by atoms with van der Waals surface area (Å²) in [5.74, 6) is -0.108. The number of hydrogen-bond donors (Lipinski definition) is 0. The van der Waals surface area contributed by atoms with E-state index >= 15 is 0 Å². The van der Waals surface area contributed by atoms with Crippen LogP contribution >= 0.6 is 0 Å². The van der Waals surface area contributed by atoms with Crippen molar-refractivity contribution >= 4 is 23.7 Å². The molecule has 0 fully saturated rings. The van der Waals surface area contributed by atoms with Crippen molar-refractivity contribution in [2.24, 2.45) is 9.98 Å². The van der Waals surface area contributed by atoms with E-state index in [9.17, 15) is 9.59 Å². The molecule has 1 aromatic heterocycles. The second kappa shape index (κ2) is 3.82. The van der Waals surface area contributed by atoms with Gasteiger partial charge in [-0.3, -0.25) is 0 Å². The predicted molar refractivity (Wildman–Crippen MR) is 35.4 cm³/mol. The second-order valence-electron chi connectivity index (χ2n) is 1.55. The molecule has 0 aliphatic heterocycles. The first kappa shape index (κ1) is 7.87. The van der Waals surface area contributed by atoms with Gasteiger partial charge in [-0.2, -0.15) is 4.99 Å². The van der Waals surface area contributed by atoms with Crippen molar-refractivity contribution in [1.82, 2.24) is 15.4 Å². The summed E-state index contributed by atoms with van der Waals surface area (Å²) in [6, 6.07) is 0. The molecule has 1 rings (SSSR count). The van der Waals surface area contributed by atoms with Gasteiger partial charge in [0.25, 0.3) is 0 Å². The fourth-order valence-electron chi connectivity index (χ4n) is 0.509. The third-order valence-electron chi connectivity index (χ3n) is 0.918. The minimum Gasteiger partial charge on any atom is -0.211 e. The Balaban J connectivity index is 3.25. The molecule has 0 bridgehead atoms. The number of isocyanates is 2. The molecule has 1 aromatic rings. The monoisotopic (exact) mass is 163 g/mol. The van der Waals surface area contributed by atoms with E-state index < -0.39 is 0 Å². The lowest BCUT2D eigenvalue weighted by Gasteiger charge is -1.88. The van der Waals surface area contributed by atoms with Crippen LogP contribution in [0.4, 0.5) is 11.5 Å². The van der Waals surface area contributed by atoms with Crippen molar-refractivity contribution in [3.63, 3.8) is 0 Å². The molecule has 0 spiro atoms. The molecule has 58 valence electrons. The number of hydrogen-bond acceptors (Lipinski definition) is 7. The number of aliphatic imine (C=N–C) groups is 2. The highest BCUT2D eigenvalue weighted by molar-refractivity contribution is 5.62. The van der Waals surface area contributed by atoms with Gasteiger partial charge >= 0.3 is 0 Å². The molecule has 0 saturated heterocycles. The first-order valence-electron chi connectivity index (χ1n) is 2.72. The van der Waals surface area contributed by atoms with E-state index in [1.165, 1.54) is 12.2 Å². The molecule has 0 N–H and O–H groups in total. The molecular weight excluding hydrogens is 162 g/mol. The lowest BCUT2D eigenvalue weighted by molar-refractivity contribution is 0.563. The molecular formula is C5HN5O2. The molecule has 0 unspecified atom stereocenters. The van der Waals surface area contributed by atoms with Crippen molar-refractivity contribution in [3.05, 3.63) is 6.20 Å². The van der Waals surface area contributed by atoms with Crippen molar-refractivity contribution < 1.29 is 9.59 Å². The summed E-state index contributed by atoms with van der Waals surface area (Å²) in [6.45, 7) is 0. The Bertz CT molecular complexity index is 340. The summed E-state index contributed by atoms with van der Waals surface area (Å²) < 4.78 is 0. The Morgan fingerprint density at radius 3 is 2.67 bits per heavy atom. The minimum atomic E-state index is -0.108. The maximum atomic E-state index is 9.82. The summed E-state index contributed by atoms with van der Waals surface area (Å²) in [4.78, 5) is 25.9. The average Bonchev–Trinajstić information content (AvgIpc) is 2.09. The van der Waals surface area contributed by atoms with Gasteiger partial charge < -0.3 is 0 Å². The highest BCUT2D eigenvalue weighted by Gasteiger charge is 2.00. The zero-order valence-electron chi connectivity index (χ0n) is 5.63. The van der Waals surface area contributed by atoms with Crippen molar-refractivity contribution in [2.45, 2.75) is 0 Å². The predicted octanol–water partition coefficient (Wildman–Crippen LogP) is -0.194. The fourth-order valence-corrected chi connectivity index (χ4v) is 0.509. The molecule has 0 aromatic carbocycles. The quantitative estimate of drug-likeness (QED) is 0.444. The standard InChI is InChI=1S/C5HN5O2/c11-2-6-4-1-8-10-9-5(4)7-3-12/h1H. The maximum Gasteiger partial charge on any atom is 0.242 e. The Morgan fingerprint density at radius 1 is 1.25 bits per heavy atom. The van der Waals surface area contributed by atoms with E-state index in [1.807, 2.05) is 0 Å². The van der Waals surface area contributed by atoms with Gasteiger partial charge in [-0.25, -0.2) is 9.59 Å². The third kappa shape index (κ3) is 1.63. The highest BCUT2D eigenvalue weighted by Crippen LogP contribution is 2.20. The number of aromatic nitrogens is 3.